The lowest BCUT2D eigenvalue weighted by molar-refractivity contribution is -0.223. The number of unbranched alkanes of at least 4 members (excludes halogenated alkanes) is 2. The monoisotopic (exact) mass is 769 g/mol. The number of carbonyl (C=O) groups excluding carboxylic acids is 1. The lowest BCUT2D eigenvalue weighted by atomic mass is 9.56. The molecule has 0 radical (unpaired) electrons. The Morgan fingerprint density at radius 2 is 1.71 bits per heavy atom. The van der Waals surface area contributed by atoms with Gasteiger partial charge in [-0.1, -0.05) is 48.3 Å². The second-order valence-electron chi connectivity index (χ2n) is 15.5. The predicted molar refractivity (Wildman–Crippen MR) is 217 cm³/mol. The van der Waals surface area contributed by atoms with Crippen LogP contribution in [0.3, 0.4) is 0 Å². The van der Waals surface area contributed by atoms with E-state index in [0.717, 1.165) is 65.9 Å². The molecule has 0 aromatic heterocycles. The van der Waals surface area contributed by atoms with Gasteiger partial charge in [0.1, 0.15) is 28.6 Å². The summed E-state index contributed by atoms with van der Waals surface area (Å²) in [4.78, 5) is 19.2. The summed E-state index contributed by atoms with van der Waals surface area (Å²) in [7, 11) is 1.53. The highest BCUT2D eigenvalue weighted by atomic mass is 32.2. The zero-order valence-corrected chi connectivity index (χ0v) is 33.3. The van der Waals surface area contributed by atoms with E-state index in [1.807, 2.05) is 51.1 Å². The Kier molecular flexibility index (Phi) is 13.5. The van der Waals surface area contributed by atoms with Crippen molar-refractivity contribution in [2.45, 2.75) is 93.2 Å². The third kappa shape index (κ3) is 9.15. The number of aliphatic hydroxyl groups is 2. The topological polar surface area (TPSA) is 116 Å². The fourth-order valence-corrected chi connectivity index (χ4v) is 9.66. The summed E-state index contributed by atoms with van der Waals surface area (Å²) in [5.74, 6) is 1.18. The SMILES string of the molecule is C=CCOC12Oc3ccc(Oc4ccc(OC)c(C=O)c4)cc3C3C(CCCCO)C(CCCCO)C=C(C(=NOC(C)(C)C)CC1Sc1ccccc1)C32. The zero-order chi connectivity index (χ0) is 39.0. The van der Waals surface area contributed by atoms with Gasteiger partial charge >= 0.3 is 0 Å². The minimum Gasteiger partial charge on any atom is -0.496 e. The minimum atomic E-state index is -1.10. The number of methoxy groups -OCH3 is 1. The maximum atomic E-state index is 11.9. The van der Waals surface area contributed by atoms with E-state index in [2.05, 4.69) is 30.9 Å². The van der Waals surface area contributed by atoms with Gasteiger partial charge in [0.05, 0.1) is 36.2 Å². The van der Waals surface area contributed by atoms with Crippen LogP contribution in [0.25, 0.3) is 0 Å². The molecule has 294 valence electrons. The summed E-state index contributed by atoms with van der Waals surface area (Å²) >= 11 is 1.73. The number of ether oxygens (including phenoxy) is 4. The molecule has 9 nitrogen and oxygen atoms in total. The van der Waals surface area contributed by atoms with E-state index in [0.29, 0.717) is 35.7 Å². The largest absolute Gasteiger partial charge is 0.496 e. The summed E-state index contributed by atoms with van der Waals surface area (Å²) in [5, 5.41) is 24.4. The van der Waals surface area contributed by atoms with Gasteiger partial charge < -0.3 is 34.0 Å². The van der Waals surface area contributed by atoms with Gasteiger partial charge in [0.25, 0.3) is 0 Å². The summed E-state index contributed by atoms with van der Waals surface area (Å²) in [5.41, 5.74) is 2.86. The highest BCUT2D eigenvalue weighted by Crippen LogP contribution is 2.63. The van der Waals surface area contributed by atoms with Crippen LogP contribution < -0.4 is 14.2 Å². The van der Waals surface area contributed by atoms with Crippen molar-refractivity contribution in [3.63, 3.8) is 0 Å². The number of fused-ring (bicyclic) bond motifs is 2. The van der Waals surface area contributed by atoms with E-state index < -0.39 is 11.4 Å². The number of hydrogen-bond donors (Lipinski definition) is 2. The van der Waals surface area contributed by atoms with Crippen LogP contribution in [0, 0.1) is 17.8 Å². The van der Waals surface area contributed by atoms with E-state index >= 15 is 0 Å². The van der Waals surface area contributed by atoms with Crippen LogP contribution in [0.15, 0.2) is 101 Å². The lowest BCUT2D eigenvalue weighted by Crippen LogP contribution is -2.64. The van der Waals surface area contributed by atoms with Gasteiger partial charge in [-0.3, -0.25) is 4.79 Å². The Morgan fingerprint density at radius 1 is 0.982 bits per heavy atom. The molecule has 3 aromatic carbocycles. The van der Waals surface area contributed by atoms with Crippen LogP contribution in [0.1, 0.15) is 87.6 Å². The lowest BCUT2D eigenvalue weighted by Gasteiger charge is -2.58. The molecule has 1 fully saturated rings. The molecule has 6 atom stereocenters. The standard InChI is InChI=1S/C45H55NO8S/c1-6-24-51-45-41(55-34-15-8-7-9-16-34)28-38(46-54-44(2,3)4)36-26-30(14-10-12-22-47)35(17-11-13-23-48)42(43(36)45)37-27-33(19-21-40(37)53-45)52-32-18-20-39(50-5)31(25-32)29-49/h6-9,15-16,18-21,25-27,29-30,35,41-43,47-48H,1,10-14,17,22-24,28H2,2-5H3. The van der Waals surface area contributed by atoms with E-state index in [1.54, 1.807) is 36.0 Å². The minimum absolute atomic E-state index is 0.0876. The number of allylic oxidation sites excluding steroid dienone is 1. The number of aliphatic hydroxyl groups excluding tert-OH is 2. The molecule has 6 unspecified atom stereocenters. The molecule has 0 amide bonds. The number of benzene rings is 3. The van der Waals surface area contributed by atoms with Crippen molar-refractivity contribution in [2.24, 2.45) is 22.9 Å². The van der Waals surface area contributed by atoms with Gasteiger partial charge in [0.15, 0.2) is 6.29 Å². The second-order valence-corrected chi connectivity index (χ2v) is 16.8. The number of hydrogen-bond acceptors (Lipinski definition) is 10. The highest BCUT2D eigenvalue weighted by Gasteiger charge is 2.64. The van der Waals surface area contributed by atoms with Crippen molar-refractivity contribution in [1.82, 2.24) is 0 Å². The van der Waals surface area contributed by atoms with Gasteiger partial charge in [-0.2, -0.15) is 0 Å². The van der Waals surface area contributed by atoms with Crippen molar-refractivity contribution in [3.05, 3.63) is 102 Å². The Bertz CT molecular complexity index is 1840. The van der Waals surface area contributed by atoms with Crippen LogP contribution in [-0.2, 0) is 9.57 Å². The van der Waals surface area contributed by atoms with E-state index in [9.17, 15) is 15.0 Å². The van der Waals surface area contributed by atoms with Crippen LogP contribution >= 0.6 is 11.8 Å². The zero-order valence-electron chi connectivity index (χ0n) is 32.4. The second kappa shape index (κ2) is 18.2. The summed E-state index contributed by atoms with van der Waals surface area (Å²) in [6.45, 7) is 10.6. The van der Waals surface area contributed by atoms with Crippen molar-refractivity contribution in [2.75, 3.05) is 26.9 Å². The molecule has 3 aromatic rings. The number of aldehydes is 1. The molecular weight excluding hydrogens is 715 g/mol. The number of oxime groups is 1. The number of carbonyl (C=O) groups is 1. The average molecular weight is 770 g/mol. The number of thioether (sulfide) groups is 1. The molecule has 3 aliphatic rings. The van der Waals surface area contributed by atoms with Crippen LogP contribution in [-0.4, -0.2) is 65.8 Å². The molecule has 0 spiro atoms. The van der Waals surface area contributed by atoms with E-state index in [4.69, 9.17) is 28.9 Å². The van der Waals surface area contributed by atoms with Crippen LogP contribution in [0.5, 0.6) is 23.0 Å². The summed E-state index contributed by atoms with van der Waals surface area (Å²) in [6.07, 6.45) is 10.4. The normalized spacial score (nSPS) is 24.9. The summed E-state index contributed by atoms with van der Waals surface area (Å²) in [6, 6.07) is 21.5. The van der Waals surface area contributed by atoms with Crippen LogP contribution in [0.4, 0.5) is 0 Å². The van der Waals surface area contributed by atoms with Gasteiger partial charge in [0, 0.05) is 36.0 Å². The smallest absolute Gasteiger partial charge is 0.231 e. The molecule has 1 aliphatic heterocycles. The molecule has 55 heavy (non-hydrogen) atoms. The summed E-state index contributed by atoms with van der Waals surface area (Å²) < 4.78 is 26.1. The molecule has 0 bridgehead atoms. The molecule has 1 saturated carbocycles. The first-order valence-corrected chi connectivity index (χ1v) is 20.3. The Morgan fingerprint density at radius 3 is 2.40 bits per heavy atom. The molecular formula is C45H55NO8S. The van der Waals surface area contributed by atoms with Crippen molar-refractivity contribution >= 4 is 23.8 Å². The van der Waals surface area contributed by atoms with Crippen molar-refractivity contribution in [3.8, 4) is 23.0 Å². The maximum Gasteiger partial charge on any atom is 0.231 e. The molecule has 2 N–H and O–H groups in total. The molecule has 2 aliphatic carbocycles. The first-order valence-electron chi connectivity index (χ1n) is 19.4. The highest BCUT2D eigenvalue weighted by molar-refractivity contribution is 8.00. The molecule has 10 heteroatoms. The van der Waals surface area contributed by atoms with Gasteiger partial charge in [-0.05, 0) is 112 Å². The number of nitrogens with zero attached hydrogens (tertiary/aromatic N) is 1. The quantitative estimate of drug-likeness (QED) is 0.0565. The van der Waals surface area contributed by atoms with Gasteiger partial charge in [-0.15, -0.1) is 18.3 Å². The van der Waals surface area contributed by atoms with Crippen molar-refractivity contribution in [1.29, 1.82) is 0 Å². The average Bonchev–Trinajstić information content (AvgIpc) is 3.18. The third-order valence-corrected chi connectivity index (χ3v) is 12.0. The Hall–Kier alpha value is -4.09. The Labute approximate surface area is 329 Å². The number of rotatable bonds is 18. The van der Waals surface area contributed by atoms with E-state index in [-0.39, 0.29) is 48.7 Å². The van der Waals surface area contributed by atoms with Crippen molar-refractivity contribution < 1.29 is 38.8 Å². The van der Waals surface area contributed by atoms with E-state index in [1.165, 1.54) is 7.11 Å². The maximum absolute atomic E-state index is 11.9. The first-order chi connectivity index (χ1) is 26.6. The fraction of sp³-hybridized carbons (Fsp3) is 0.467. The Balaban J connectivity index is 1.56. The van der Waals surface area contributed by atoms with Gasteiger partial charge in [-0.25, -0.2) is 0 Å². The molecule has 1 heterocycles. The molecule has 0 saturated heterocycles. The van der Waals surface area contributed by atoms with Gasteiger partial charge in [0.2, 0.25) is 5.79 Å². The fourth-order valence-electron chi connectivity index (χ4n) is 8.35. The van der Waals surface area contributed by atoms with Crippen LogP contribution in [0.2, 0.25) is 0 Å². The molecule has 6 rings (SSSR count). The third-order valence-electron chi connectivity index (χ3n) is 10.6. The first kappa shape index (κ1) is 40.6. The predicted octanol–water partition coefficient (Wildman–Crippen LogP) is 9.52.